The summed E-state index contributed by atoms with van der Waals surface area (Å²) in [5, 5.41) is 6.35. The van der Waals surface area contributed by atoms with E-state index in [4.69, 9.17) is 23.2 Å². The van der Waals surface area contributed by atoms with Crippen LogP contribution in [0.2, 0.25) is 10.0 Å². The first-order valence-corrected chi connectivity index (χ1v) is 10.5. The van der Waals surface area contributed by atoms with E-state index in [1.807, 2.05) is 19.9 Å². The topological polar surface area (TPSA) is 84.0 Å². The lowest BCUT2D eigenvalue weighted by Crippen LogP contribution is -2.38. The van der Waals surface area contributed by atoms with Gasteiger partial charge in [0.25, 0.3) is 11.8 Å². The van der Waals surface area contributed by atoms with Gasteiger partial charge < -0.3 is 10.6 Å². The number of carbonyl (C=O) groups is 2. The summed E-state index contributed by atoms with van der Waals surface area (Å²) < 4.78 is 13.0. The molecular weight excluding hydrogens is 454 g/mol. The number of hydrogen-bond acceptors (Lipinski definition) is 4. The third kappa shape index (κ3) is 5.81. The minimum Gasteiger partial charge on any atom is -0.350 e. The van der Waals surface area contributed by atoms with E-state index >= 15 is 0 Å². The summed E-state index contributed by atoms with van der Waals surface area (Å²) in [5.74, 6) is -1.45. The van der Waals surface area contributed by atoms with Gasteiger partial charge in [0.05, 0.1) is 10.0 Å². The third-order valence-electron chi connectivity index (χ3n) is 4.89. The molecule has 166 valence electrons. The van der Waals surface area contributed by atoms with Crippen LogP contribution >= 0.6 is 23.2 Å². The Balaban J connectivity index is 1.68. The number of amides is 2. The predicted molar refractivity (Wildman–Crippen MR) is 121 cm³/mol. The molecule has 0 saturated carbocycles. The number of carbonyl (C=O) groups excluding carboxylic acids is 2. The largest absolute Gasteiger partial charge is 0.350 e. The van der Waals surface area contributed by atoms with Crippen LogP contribution < -0.4 is 10.6 Å². The molecule has 9 heteroatoms. The predicted octanol–water partition coefficient (Wildman–Crippen LogP) is 4.56. The summed E-state index contributed by atoms with van der Waals surface area (Å²) in [6.45, 7) is 4.30. The number of hydrogen-bond donors (Lipinski definition) is 2. The van der Waals surface area contributed by atoms with Crippen molar-refractivity contribution in [3.8, 4) is 0 Å². The quantitative estimate of drug-likeness (QED) is 0.525. The highest BCUT2D eigenvalue weighted by Crippen LogP contribution is 2.29. The molecule has 3 rings (SSSR count). The first-order chi connectivity index (χ1) is 15.2. The van der Waals surface area contributed by atoms with Gasteiger partial charge in [0.1, 0.15) is 5.82 Å². The van der Waals surface area contributed by atoms with E-state index in [0.29, 0.717) is 15.6 Å². The lowest BCUT2D eigenvalue weighted by molar-refractivity contribution is 0.0906. The van der Waals surface area contributed by atoms with Gasteiger partial charge in [-0.05, 0) is 35.4 Å². The van der Waals surface area contributed by atoms with Crippen LogP contribution in [-0.2, 0) is 12.0 Å². The summed E-state index contributed by atoms with van der Waals surface area (Å²) in [6.07, 6.45) is 2.68. The van der Waals surface area contributed by atoms with Crippen molar-refractivity contribution in [2.24, 2.45) is 0 Å². The van der Waals surface area contributed by atoms with Crippen LogP contribution in [0.4, 0.5) is 4.39 Å². The van der Waals surface area contributed by atoms with Crippen LogP contribution in [0.25, 0.3) is 0 Å². The number of halogens is 3. The monoisotopic (exact) mass is 474 g/mol. The Morgan fingerprint density at radius 3 is 2.09 bits per heavy atom. The van der Waals surface area contributed by atoms with Crippen molar-refractivity contribution in [2.75, 3.05) is 6.54 Å². The van der Waals surface area contributed by atoms with E-state index in [2.05, 4.69) is 20.6 Å². The number of aromatic nitrogens is 2. The molecule has 6 nitrogen and oxygen atoms in total. The van der Waals surface area contributed by atoms with Crippen molar-refractivity contribution in [1.82, 2.24) is 20.6 Å². The van der Waals surface area contributed by atoms with Crippen molar-refractivity contribution in [3.63, 3.8) is 0 Å². The molecule has 0 radical (unpaired) electrons. The van der Waals surface area contributed by atoms with Crippen molar-refractivity contribution < 1.29 is 14.0 Å². The zero-order valence-electron chi connectivity index (χ0n) is 17.5. The highest BCUT2D eigenvalue weighted by molar-refractivity contribution is 6.42. The number of rotatable bonds is 7. The normalized spacial score (nSPS) is 11.2. The van der Waals surface area contributed by atoms with E-state index in [9.17, 15) is 14.0 Å². The van der Waals surface area contributed by atoms with E-state index in [-0.39, 0.29) is 30.3 Å². The first kappa shape index (κ1) is 23.6. The average molecular weight is 475 g/mol. The minimum absolute atomic E-state index is 0.0888. The maximum atomic E-state index is 13.0. The third-order valence-corrected chi connectivity index (χ3v) is 5.63. The Morgan fingerprint density at radius 2 is 1.50 bits per heavy atom. The van der Waals surface area contributed by atoms with Gasteiger partial charge >= 0.3 is 0 Å². The van der Waals surface area contributed by atoms with Crippen LogP contribution in [-0.4, -0.2) is 28.3 Å². The number of nitrogens with one attached hydrogen (secondary N) is 2. The van der Waals surface area contributed by atoms with Gasteiger partial charge in [0.2, 0.25) is 0 Å². The standard InChI is InChI=1S/C23H21Cl2FN4O2/c1-23(2,15-5-8-17(24)18(25)11-15)13-30-22(32)20-19(27-9-10-28-20)21(31)29-12-14-3-6-16(26)7-4-14/h3-11H,12-13H2,1-2H3,(H,29,31)(H,30,32). The summed E-state index contributed by atoms with van der Waals surface area (Å²) in [5.41, 5.74) is 0.951. The molecule has 3 aromatic rings. The van der Waals surface area contributed by atoms with E-state index in [0.717, 1.165) is 5.56 Å². The first-order valence-electron chi connectivity index (χ1n) is 9.75. The van der Waals surface area contributed by atoms with Crippen molar-refractivity contribution in [1.29, 1.82) is 0 Å². The van der Waals surface area contributed by atoms with Gasteiger partial charge in [-0.25, -0.2) is 14.4 Å². The smallest absolute Gasteiger partial charge is 0.272 e. The molecule has 0 saturated heterocycles. The fourth-order valence-corrected chi connectivity index (χ4v) is 3.24. The van der Waals surface area contributed by atoms with Gasteiger partial charge in [-0.2, -0.15) is 0 Å². The minimum atomic E-state index is -0.559. The van der Waals surface area contributed by atoms with Gasteiger partial charge in [0.15, 0.2) is 11.4 Å². The second kappa shape index (κ2) is 10.1. The highest BCUT2D eigenvalue weighted by atomic mass is 35.5. The molecule has 0 aliphatic heterocycles. The zero-order chi connectivity index (χ0) is 23.3. The summed E-state index contributed by atoms with van der Waals surface area (Å²) in [7, 11) is 0. The highest BCUT2D eigenvalue weighted by Gasteiger charge is 2.25. The Bertz CT molecular complexity index is 1140. The average Bonchev–Trinajstić information content (AvgIpc) is 2.78. The SMILES string of the molecule is CC(C)(CNC(=O)c1nccnc1C(=O)NCc1ccc(F)cc1)c1ccc(Cl)c(Cl)c1. The van der Waals surface area contributed by atoms with Crippen LogP contribution in [0.1, 0.15) is 46.0 Å². The van der Waals surface area contributed by atoms with Gasteiger partial charge in [0, 0.05) is 30.9 Å². The molecule has 0 bridgehead atoms. The van der Waals surface area contributed by atoms with Crippen LogP contribution in [0, 0.1) is 5.82 Å². The lowest BCUT2D eigenvalue weighted by Gasteiger charge is -2.26. The van der Waals surface area contributed by atoms with Gasteiger partial charge in [-0.1, -0.05) is 55.2 Å². The van der Waals surface area contributed by atoms with Crippen LogP contribution in [0.15, 0.2) is 54.9 Å². The number of benzene rings is 2. The van der Waals surface area contributed by atoms with Gasteiger partial charge in [-0.3, -0.25) is 9.59 Å². The zero-order valence-corrected chi connectivity index (χ0v) is 19.0. The fourth-order valence-electron chi connectivity index (χ4n) is 2.94. The lowest BCUT2D eigenvalue weighted by atomic mass is 9.84. The molecule has 2 amide bonds. The van der Waals surface area contributed by atoms with Gasteiger partial charge in [-0.15, -0.1) is 0 Å². The second-order valence-electron chi connectivity index (χ2n) is 7.76. The van der Waals surface area contributed by atoms with E-state index in [1.165, 1.54) is 24.5 Å². The van der Waals surface area contributed by atoms with Crippen molar-refractivity contribution in [3.05, 3.63) is 93.2 Å². The maximum absolute atomic E-state index is 13.0. The fraction of sp³-hybridized carbons (Fsp3) is 0.217. The van der Waals surface area contributed by atoms with Crippen molar-refractivity contribution >= 4 is 35.0 Å². The Morgan fingerprint density at radius 1 is 0.906 bits per heavy atom. The molecular formula is C23H21Cl2FN4O2. The Hall–Kier alpha value is -3.03. The molecule has 2 N–H and O–H groups in total. The molecule has 0 spiro atoms. The molecule has 32 heavy (non-hydrogen) atoms. The summed E-state index contributed by atoms with van der Waals surface area (Å²) in [4.78, 5) is 33.5. The molecule has 0 fully saturated rings. The maximum Gasteiger partial charge on any atom is 0.272 e. The molecule has 2 aromatic carbocycles. The molecule has 0 aliphatic carbocycles. The molecule has 1 aromatic heterocycles. The second-order valence-corrected chi connectivity index (χ2v) is 8.57. The summed E-state index contributed by atoms with van der Waals surface area (Å²) in [6, 6.07) is 11.0. The van der Waals surface area contributed by atoms with Crippen LogP contribution in [0.3, 0.4) is 0 Å². The van der Waals surface area contributed by atoms with E-state index < -0.39 is 17.2 Å². The van der Waals surface area contributed by atoms with E-state index in [1.54, 1.807) is 24.3 Å². The van der Waals surface area contributed by atoms with Crippen LogP contribution in [0.5, 0.6) is 0 Å². The van der Waals surface area contributed by atoms with Crippen molar-refractivity contribution in [2.45, 2.75) is 25.8 Å². The Labute approximate surface area is 195 Å². The number of nitrogens with zero attached hydrogens (tertiary/aromatic N) is 2. The summed E-state index contributed by atoms with van der Waals surface area (Å²) >= 11 is 12.1. The molecule has 0 unspecified atom stereocenters. The Kier molecular flexibility index (Phi) is 7.43. The molecule has 0 aliphatic rings. The molecule has 1 heterocycles. The molecule has 0 atom stereocenters.